The second-order valence-corrected chi connectivity index (χ2v) is 15.9. The van der Waals surface area contributed by atoms with Crippen LogP contribution in [0.3, 0.4) is 0 Å². The van der Waals surface area contributed by atoms with Crippen LogP contribution < -0.4 is 0 Å². The molecule has 11 aromatic rings. The molecule has 56 heavy (non-hydrogen) atoms. The van der Waals surface area contributed by atoms with Crippen molar-refractivity contribution in [3.63, 3.8) is 0 Å². The molecule has 10 aromatic carbocycles. The summed E-state index contributed by atoms with van der Waals surface area (Å²) in [5.41, 5.74) is 14.6. The summed E-state index contributed by atoms with van der Waals surface area (Å²) in [5.74, 6) is 0. The zero-order chi connectivity index (χ0) is 37.1. The number of hydrogen-bond donors (Lipinski definition) is 0. The monoisotopic (exact) mass is 712 g/mol. The van der Waals surface area contributed by atoms with E-state index in [0.29, 0.717) is 0 Å². The van der Waals surface area contributed by atoms with E-state index in [-0.39, 0.29) is 5.41 Å². The fraction of sp³-hybridized carbons (Fsp3) is 0.0545. The minimum absolute atomic E-state index is 0.210. The molecule has 12 rings (SSSR count). The molecule has 0 amide bonds. The van der Waals surface area contributed by atoms with Gasteiger partial charge in [-0.1, -0.05) is 184 Å². The normalized spacial score (nSPS) is 13.3. The van der Waals surface area contributed by atoms with E-state index < -0.39 is 0 Å². The highest BCUT2D eigenvalue weighted by atomic mass is 16.3. The lowest BCUT2D eigenvalue weighted by molar-refractivity contribution is 0.659. The standard InChI is InChI=1S/C55H36O/c1-55(2)47-31-28-34(32-46(47)51-42-24-12-13-25-44(42)54-52(53(51)55)45-26-14-15-27-48(45)56-54)35-29-30-43(37-19-7-6-18-36(35)37)50-40-22-10-8-20-38(40)49(33-16-4-3-5-17-33)39-21-9-11-23-41(39)50/h3-32H,1-2H3. The summed E-state index contributed by atoms with van der Waals surface area (Å²) in [5, 5.41) is 12.4. The predicted octanol–water partition coefficient (Wildman–Crippen LogP) is 15.5. The summed E-state index contributed by atoms with van der Waals surface area (Å²) in [7, 11) is 0. The van der Waals surface area contributed by atoms with Crippen molar-refractivity contribution in [3.8, 4) is 44.5 Å². The summed E-state index contributed by atoms with van der Waals surface area (Å²) in [6.45, 7) is 4.77. The van der Waals surface area contributed by atoms with Crippen LogP contribution in [-0.4, -0.2) is 0 Å². The van der Waals surface area contributed by atoms with Crippen LogP contribution in [0.5, 0.6) is 0 Å². The molecule has 0 radical (unpaired) electrons. The van der Waals surface area contributed by atoms with Gasteiger partial charge in [0.05, 0.1) is 0 Å². The maximum Gasteiger partial charge on any atom is 0.143 e. The number of rotatable bonds is 3. The van der Waals surface area contributed by atoms with Crippen molar-refractivity contribution in [1.82, 2.24) is 0 Å². The third kappa shape index (κ3) is 4.20. The van der Waals surface area contributed by atoms with Crippen molar-refractivity contribution in [2.45, 2.75) is 19.3 Å². The Kier molecular flexibility index (Phi) is 6.46. The molecule has 0 bridgehead atoms. The van der Waals surface area contributed by atoms with Gasteiger partial charge in [0.1, 0.15) is 11.2 Å². The minimum atomic E-state index is -0.210. The van der Waals surface area contributed by atoms with Crippen LogP contribution in [0.25, 0.3) is 110 Å². The molecule has 1 aliphatic rings. The second-order valence-electron chi connectivity index (χ2n) is 15.9. The highest BCUT2D eigenvalue weighted by Gasteiger charge is 2.40. The van der Waals surface area contributed by atoms with E-state index in [1.54, 1.807) is 0 Å². The molecule has 0 spiro atoms. The van der Waals surface area contributed by atoms with Crippen molar-refractivity contribution in [2.75, 3.05) is 0 Å². The van der Waals surface area contributed by atoms with Gasteiger partial charge >= 0.3 is 0 Å². The SMILES string of the molecule is CC1(C)c2ccc(-c3ccc(-c4c5ccccc5c(-c5ccccc5)c5ccccc45)c4ccccc34)cc2-c2c1c1c3ccccc3oc1c1ccccc21. The van der Waals surface area contributed by atoms with Gasteiger partial charge in [-0.05, 0) is 105 Å². The molecule has 0 atom stereocenters. The van der Waals surface area contributed by atoms with Crippen LogP contribution in [0, 0.1) is 0 Å². The van der Waals surface area contributed by atoms with Gasteiger partial charge < -0.3 is 4.42 Å². The summed E-state index contributed by atoms with van der Waals surface area (Å²) in [6, 6.07) is 67.0. The topological polar surface area (TPSA) is 13.1 Å². The second kappa shape index (κ2) is 11.5. The number of para-hydroxylation sites is 1. The van der Waals surface area contributed by atoms with E-state index in [4.69, 9.17) is 4.42 Å². The van der Waals surface area contributed by atoms with Crippen LogP contribution in [0.1, 0.15) is 25.0 Å². The zero-order valence-electron chi connectivity index (χ0n) is 31.2. The fourth-order valence-corrected chi connectivity index (χ4v) is 10.2. The first-order chi connectivity index (χ1) is 27.6. The average Bonchev–Trinajstić information content (AvgIpc) is 3.75. The number of hydrogen-bond acceptors (Lipinski definition) is 1. The van der Waals surface area contributed by atoms with E-state index in [9.17, 15) is 0 Å². The van der Waals surface area contributed by atoms with E-state index in [0.717, 1.165) is 11.2 Å². The lowest BCUT2D eigenvalue weighted by Gasteiger charge is -2.23. The van der Waals surface area contributed by atoms with Crippen LogP contribution in [0.15, 0.2) is 186 Å². The molecule has 0 unspecified atom stereocenters. The quantitative estimate of drug-likeness (QED) is 0.166. The molecule has 0 saturated carbocycles. The third-order valence-electron chi connectivity index (χ3n) is 12.6. The third-order valence-corrected chi connectivity index (χ3v) is 12.6. The van der Waals surface area contributed by atoms with Gasteiger partial charge in [-0.2, -0.15) is 0 Å². The van der Waals surface area contributed by atoms with Crippen molar-refractivity contribution in [2.24, 2.45) is 0 Å². The van der Waals surface area contributed by atoms with Crippen molar-refractivity contribution < 1.29 is 4.42 Å². The van der Waals surface area contributed by atoms with Gasteiger partial charge in [0, 0.05) is 21.6 Å². The highest BCUT2D eigenvalue weighted by Crippen LogP contribution is 2.57. The van der Waals surface area contributed by atoms with Crippen molar-refractivity contribution in [3.05, 3.63) is 193 Å². The van der Waals surface area contributed by atoms with E-state index >= 15 is 0 Å². The number of furan rings is 1. The smallest absolute Gasteiger partial charge is 0.143 e. The summed E-state index contributed by atoms with van der Waals surface area (Å²) < 4.78 is 6.65. The highest BCUT2D eigenvalue weighted by molar-refractivity contribution is 6.25. The summed E-state index contributed by atoms with van der Waals surface area (Å²) in [6.07, 6.45) is 0. The Morgan fingerprint density at radius 3 is 1.52 bits per heavy atom. The summed E-state index contributed by atoms with van der Waals surface area (Å²) in [4.78, 5) is 0. The Labute approximate surface area is 325 Å². The molecular weight excluding hydrogens is 677 g/mol. The molecule has 0 aliphatic heterocycles. The maximum atomic E-state index is 6.65. The van der Waals surface area contributed by atoms with Crippen LogP contribution in [0.2, 0.25) is 0 Å². The van der Waals surface area contributed by atoms with Gasteiger partial charge in [-0.25, -0.2) is 0 Å². The van der Waals surface area contributed by atoms with Crippen LogP contribution >= 0.6 is 0 Å². The van der Waals surface area contributed by atoms with Crippen molar-refractivity contribution >= 4 is 65.0 Å². The number of benzene rings is 10. The molecule has 1 heterocycles. The molecule has 1 nitrogen and oxygen atoms in total. The first-order valence-electron chi connectivity index (χ1n) is 19.6. The van der Waals surface area contributed by atoms with Gasteiger partial charge in [0.2, 0.25) is 0 Å². The largest absolute Gasteiger partial charge is 0.455 e. The Balaban J connectivity index is 1.11. The van der Waals surface area contributed by atoms with Gasteiger partial charge in [0.25, 0.3) is 0 Å². The van der Waals surface area contributed by atoms with Gasteiger partial charge in [-0.3, -0.25) is 0 Å². The lowest BCUT2D eigenvalue weighted by atomic mass is 9.79. The van der Waals surface area contributed by atoms with E-state index in [1.807, 2.05) is 0 Å². The predicted molar refractivity (Wildman–Crippen MR) is 238 cm³/mol. The van der Waals surface area contributed by atoms with Gasteiger partial charge in [-0.15, -0.1) is 0 Å². The molecule has 1 aromatic heterocycles. The van der Waals surface area contributed by atoms with Gasteiger partial charge in [0.15, 0.2) is 0 Å². The Hall–Kier alpha value is -6.96. The zero-order valence-corrected chi connectivity index (χ0v) is 31.2. The van der Waals surface area contributed by atoms with Crippen LogP contribution in [-0.2, 0) is 5.41 Å². The first-order valence-corrected chi connectivity index (χ1v) is 19.6. The Morgan fingerprint density at radius 1 is 0.357 bits per heavy atom. The van der Waals surface area contributed by atoms with Crippen molar-refractivity contribution in [1.29, 1.82) is 0 Å². The van der Waals surface area contributed by atoms with E-state index in [2.05, 4.69) is 196 Å². The minimum Gasteiger partial charge on any atom is -0.455 e. The first kappa shape index (κ1) is 31.4. The molecule has 1 heteroatoms. The number of fused-ring (bicyclic) bond motifs is 13. The summed E-state index contributed by atoms with van der Waals surface area (Å²) >= 11 is 0. The molecular formula is C55H36O. The Morgan fingerprint density at radius 2 is 0.857 bits per heavy atom. The lowest BCUT2D eigenvalue weighted by Crippen LogP contribution is -2.15. The van der Waals surface area contributed by atoms with E-state index in [1.165, 1.54) is 109 Å². The Bertz CT molecular complexity index is 3380. The van der Waals surface area contributed by atoms with Crippen LogP contribution in [0.4, 0.5) is 0 Å². The maximum absolute atomic E-state index is 6.65. The fourth-order valence-electron chi connectivity index (χ4n) is 10.2. The molecule has 1 aliphatic carbocycles. The molecule has 262 valence electrons. The molecule has 0 fully saturated rings. The molecule has 0 saturated heterocycles. The molecule has 0 N–H and O–H groups in total. The average molecular weight is 713 g/mol.